The lowest BCUT2D eigenvalue weighted by atomic mass is 10.1. The van der Waals surface area contributed by atoms with Gasteiger partial charge in [-0.2, -0.15) is 0 Å². The molecule has 3 N–H and O–H groups in total. The summed E-state index contributed by atoms with van der Waals surface area (Å²) < 4.78 is 26.7. The summed E-state index contributed by atoms with van der Waals surface area (Å²) in [5.41, 5.74) is 0. The summed E-state index contributed by atoms with van der Waals surface area (Å²) in [7, 11) is -4.42. The molecule has 0 aliphatic rings. The molecule has 0 aromatic carbocycles. The Kier molecular flexibility index (Phi) is 36.3. The number of esters is 1. The van der Waals surface area contributed by atoms with Crippen LogP contribution in [0.1, 0.15) is 149 Å². The van der Waals surface area contributed by atoms with Crippen LogP contribution >= 0.6 is 7.82 Å². The van der Waals surface area contributed by atoms with Crippen molar-refractivity contribution in [3.05, 3.63) is 72.9 Å². The molecule has 298 valence electrons. The molecule has 0 saturated carbocycles. The molecule has 0 fully saturated rings. The second-order valence-corrected chi connectivity index (χ2v) is 14.3. The minimum Gasteiger partial charge on any atom is -0.463 e. The molecule has 1 amide bonds. The third kappa shape index (κ3) is 38.7. The molecule has 2 atom stereocenters. The topological polar surface area (TPSA) is 131 Å². The Bertz CT molecular complexity index is 1080. The van der Waals surface area contributed by atoms with E-state index in [9.17, 15) is 24.2 Å². The van der Waals surface area contributed by atoms with E-state index >= 15 is 0 Å². The molecule has 0 bridgehead atoms. The first-order valence-electron chi connectivity index (χ1n) is 19.9. The molecule has 10 heteroatoms. The Balaban J connectivity index is 3.67. The first-order valence-corrected chi connectivity index (χ1v) is 21.4. The fraction of sp³-hybridized carbons (Fsp3) is 0.667. The van der Waals surface area contributed by atoms with E-state index in [4.69, 9.17) is 13.8 Å². The van der Waals surface area contributed by atoms with Gasteiger partial charge >= 0.3 is 13.8 Å². The van der Waals surface area contributed by atoms with Crippen LogP contribution in [-0.4, -0.2) is 54.3 Å². The number of aliphatic hydroxyl groups excluding tert-OH is 1. The van der Waals surface area contributed by atoms with Crippen molar-refractivity contribution in [3.63, 3.8) is 0 Å². The Morgan fingerprint density at radius 2 is 1.10 bits per heavy atom. The lowest BCUT2D eigenvalue weighted by Crippen LogP contribution is -2.27. The predicted molar refractivity (Wildman–Crippen MR) is 215 cm³/mol. The van der Waals surface area contributed by atoms with E-state index in [-0.39, 0.29) is 32.1 Å². The smallest absolute Gasteiger partial charge is 0.463 e. The van der Waals surface area contributed by atoms with Gasteiger partial charge in [0.1, 0.15) is 12.7 Å². The Morgan fingerprint density at radius 1 is 0.615 bits per heavy atom. The van der Waals surface area contributed by atoms with Crippen molar-refractivity contribution < 1.29 is 37.9 Å². The number of amides is 1. The number of allylic oxidation sites excluding steroid dienone is 12. The zero-order valence-corrected chi connectivity index (χ0v) is 33.4. The maximum atomic E-state index is 12.1. The number of nitrogens with one attached hydrogen (secondary N) is 1. The van der Waals surface area contributed by atoms with Crippen molar-refractivity contribution in [1.29, 1.82) is 0 Å². The van der Waals surface area contributed by atoms with E-state index < -0.39 is 26.5 Å². The van der Waals surface area contributed by atoms with Gasteiger partial charge in [-0.05, 0) is 77.0 Å². The van der Waals surface area contributed by atoms with Crippen LogP contribution in [0.4, 0.5) is 0 Å². The van der Waals surface area contributed by atoms with Crippen LogP contribution in [0.2, 0.25) is 0 Å². The monoisotopic (exact) mass is 749 g/mol. The van der Waals surface area contributed by atoms with Crippen LogP contribution in [0, 0.1) is 0 Å². The Hall–Kier alpha value is -2.55. The van der Waals surface area contributed by atoms with Crippen molar-refractivity contribution in [2.24, 2.45) is 0 Å². The van der Waals surface area contributed by atoms with E-state index in [0.717, 1.165) is 116 Å². The van der Waals surface area contributed by atoms with Crippen LogP contribution < -0.4 is 5.32 Å². The van der Waals surface area contributed by atoms with E-state index in [1.807, 2.05) is 0 Å². The highest BCUT2D eigenvalue weighted by Gasteiger charge is 2.23. The SMILES string of the molecule is CC/C=C\C/C=C\C/C=C\C/C=C\C/C=C\CCCCCCCC(=O)NCCOP(=O)(O)OCC(O)COC(=O)CCCCCCC/C=C\CCC. The van der Waals surface area contributed by atoms with Crippen LogP contribution in [0.15, 0.2) is 72.9 Å². The minimum atomic E-state index is -4.42. The number of phosphoric acid groups is 1. The molecule has 9 nitrogen and oxygen atoms in total. The average Bonchev–Trinajstić information content (AvgIpc) is 3.13. The Morgan fingerprint density at radius 3 is 1.67 bits per heavy atom. The van der Waals surface area contributed by atoms with Crippen molar-refractivity contribution >= 4 is 19.7 Å². The molecule has 0 saturated heterocycles. The number of phosphoric ester groups is 1. The van der Waals surface area contributed by atoms with Crippen molar-refractivity contribution in [1.82, 2.24) is 5.32 Å². The number of aliphatic hydroxyl groups is 1. The van der Waals surface area contributed by atoms with Gasteiger partial charge in [0.2, 0.25) is 5.91 Å². The number of hydrogen-bond acceptors (Lipinski definition) is 7. The zero-order chi connectivity index (χ0) is 38.2. The van der Waals surface area contributed by atoms with Crippen LogP contribution in [0.25, 0.3) is 0 Å². The molecule has 0 aliphatic carbocycles. The Labute approximate surface area is 316 Å². The number of unbranched alkanes of at least 4 members (excludes halogenated alkanes) is 11. The summed E-state index contributed by atoms with van der Waals surface area (Å²) in [4.78, 5) is 33.8. The molecule has 0 spiro atoms. The highest BCUT2D eigenvalue weighted by atomic mass is 31.2. The molecule has 0 radical (unpaired) electrons. The van der Waals surface area contributed by atoms with Gasteiger partial charge in [-0.15, -0.1) is 0 Å². The maximum Gasteiger partial charge on any atom is 0.472 e. The fourth-order valence-electron chi connectivity index (χ4n) is 4.88. The number of hydrogen-bond donors (Lipinski definition) is 3. The number of ether oxygens (including phenoxy) is 1. The molecule has 52 heavy (non-hydrogen) atoms. The third-order valence-corrected chi connectivity index (χ3v) is 8.84. The zero-order valence-electron chi connectivity index (χ0n) is 32.5. The van der Waals surface area contributed by atoms with E-state index in [1.165, 1.54) is 6.42 Å². The van der Waals surface area contributed by atoms with Crippen molar-refractivity contribution in [2.75, 3.05) is 26.4 Å². The number of rotatable bonds is 36. The largest absolute Gasteiger partial charge is 0.472 e. The number of carbonyl (C=O) groups is 2. The molecule has 0 aromatic heterocycles. The molecular formula is C42H72NO8P. The van der Waals surface area contributed by atoms with Gasteiger partial charge in [0.05, 0.1) is 13.2 Å². The second kappa shape index (κ2) is 38.2. The summed E-state index contributed by atoms with van der Waals surface area (Å²) in [6.45, 7) is 3.31. The maximum absolute atomic E-state index is 12.1. The minimum absolute atomic E-state index is 0.0656. The van der Waals surface area contributed by atoms with Gasteiger partial charge in [0, 0.05) is 19.4 Å². The molecule has 0 rings (SSSR count). The van der Waals surface area contributed by atoms with E-state index in [2.05, 4.69) is 92.1 Å². The van der Waals surface area contributed by atoms with Gasteiger partial charge in [-0.3, -0.25) is 18.6 Å². The predicted octanol–water partition coefficient (Wildman–Crippen LogP) is 10.7. The van der Waals surface area contributed by atoms with Crippen LogP contribution in [-0.2, 0) is 27.9 Å². The van der Waals surface area contributed by atoms with Crippen LogP contribution in [0.3, 0.4) is 0 Å². The van der Waals surface area contributed by atoms with E-state index in [0.29, 0.717) is 6.42 Å². The first kappa shape index (κ1) is 49.5. The fourth-order valence-corrected chi connectivity index (χ4v) is 5.63. The van der Waals surface area contributed by atoms with E-state index in [1.54, 1.807) is 0 Å². The quantitative estimate of drug-likeness (QED) is 0.0250. The van der Waals surface area contributed by atoms with Gasteiger partial charge < -0.3 is 20.1 Å². The summed E-state index contributed by atoms with van der Waals surface area (Å²) in [6, 6.07) is 0. The standard InChI is InChI=1S/C42H72NO8P/c1-3-5-7-9-11-13-15-16-17-18-19-20-21-22-23-24-25-26-28-30-32-34-41(45)43-36-37-50-52(47,48)51-39-40(44)38-49-42(46)35-33-31-29-27-14-12-10-8-6-4-2/h5,7-8,10-11,13,16-17,19-20,22-23,40,44H,3-4,6,9,12,14-15,18,21,24-39H2,1-2H3,(H,43,45)(H,47,48)/b7-5-,10-8-,13-11-,17-16-,20-19-,23-22-. The highest BCUT2D eigenvalue weighted by molar-refractivity contribution is 7.47. The van der Waals surface area contributed by atoms with Gasteiger partial charge in [0.25, 0.3) is 0 Å². The van der Waals surface area contributed by atoms with Crippen LogP contribution in [0.5, 0.6) is 0 Å². The van der Waals surface area contributed by atoms with Gasteiger partial charge in [-0.1, -0.05) is 132 Å². The lowest BCUT2D eigenvalue weighted by molar-refractivity contribution is -0.147. The second-order valence-electron chi connectivity index (χ2n) is 12.9. The molecule has 2 unspecified atom stereocenters. The highest BCUT2D eigenvalue weighted by Crippen LogP contribution is 2.42. The average molecular weight is 750 g/mol. The summed E-state index contributed by atoms with van der Waals surface area (Å²) in [5.74, 6) is -0.554. The third-order valence-electron chi connectivity index (χ3n) is 7.85. The van der Waals surface area contributed by atoms with Gasteiger partial charge in [-0.25, -0.2) is 4.57 Å². The normalized spacial score (nSPS) is 14.2. The summed E-state index contributed by atoms with van der Waals surface area (Å²) in [5, 5.41) is 12.6. The molecule has 0 aliphatic heterocycles. The lowest BCUT2D eigenvalue weighted by Gasteiger charge is -2.15. The van der Waals surface area contributed by atoms with Crippen molar-refractivity contribution in [2.45, 2.75) is 155 Å². The summed E-state index contributed by atoms with van der Waals surface area (Å²) in [6.07, 6.45) is 45.5. The number of carbonyl (C=O) groups excluding carboxylic acids is 2. The summed E-state index contributed by atoms with van der Waals surface area (Å²) >= 11 is 0. The molecule has 0 heterocycles. The van der Waals surface area contributed by atoms with Gasteiger partial charge in [0.15, 0.2) is 0 Å². The van der Waals surface area contributed by atoms with Crippen molar-refractivity contribution in [3.8, 4) is 0 Å². The molecule has 0 aromatic rings. The first-order chi connectivity index (χ1) is 25.3. The molecular weight excluding hydrogens is 677 g/mol.